The largest absolute Gasteiger partial charge is 0.368 e. The van der Waals surface area contributed by atoms with Crippen LogP contribution in [0.4, 0.5) is 11.5 Å². The number of Topliss-reactive ketones (excluding diaryl/α,β-unsaturated/α-hetero) is 1. The zero-order valence-electron chi connectivity index (χ0n) is 15.3. The van der Waals surface area contributed by atoms with Crippen LogP contribution in [0.15, 0.2) is 60.7 Å². The molecule has 0 spiro atoms. The lowest BCUT2D eigenvalue weighted by Gasteiger charge is -2.07. The molecule has 1 amide bonds. The molecule has 0 aliphatic carbocycles. The summed E-state index contributed by atoms with van der Waals surface area (Å²) in [5, 5.41) is 14.6. The van der Waals surface area contributed by atoms with Crippen LogP contribution in [0.25, 0.3) is 0 Å². The first-order valence-corrected chi connectivity index (χ1v) is 9.13. The summed E-state index contributed by atoms with van der Waals surface area (Å²) in [6.45, 7) is 2.14. The molecule has 0 radical (unpaired) electrons. The van der Waals surface area contributed by atoms with Crippen molar-refractivity contribution in [2.75, 3.05) is 17.2 Å². The quantitative estimate of drug-likeness (QED) is 0.585. The molecule has 3 aromatic rings. The molecule has 7 heteroatoms. The fraction of sp³-hybridized carbons (Fsp3) is 0.143. The number of hydrogen-bond donors (Lipinski definition) is 2. The average Bonchev–Trinajstić information content (AvgIpc) is 2.69. The molecule has 1 heterocycles. The summed E-state index contributed by atoms with van der Waals surface area (Å²) in [5.74, 6) is 0.125. The zero-order valence-corrected chi connectivity index (χ0v) is 16.0. The fourth-order valence-electron chi connectivity index (χ4n) is 2.59. The van der Waals surface area contributed by atoms with Crippen molar-refractivity contribution in [3.8, 4) is 0 Å². The number of aromatic nitrogens is 2. The van der Waals surface area contributed by atoms with Crippen molar-refractivity contribution in [1.29, 1.82) is 0 Å². The van der Waals surface area contributed by atoms with E-state index in [0.29, 0.717) is 28.6 Å². The van der Waals surface area contributed by atoms with Gasteiger partial charge in [0.2, 0.25) is 0 Å². The topological polar surface area (TPSA) is 84.0 Å². The summed E-state index contributed by atoms with van der Waals surface area (Å²) in [4.78, 5) is 23.7. The molecule has 1 aromatic heterocycles. The minimum atomic E-state index is -0.390. The smallest absolute Gasteiger partial charge is 0.276 e. The van der Waals surface area contributed by atoms with E-state index < -0.39 is 5.91 Å². The van der Waals surface area contributed by atoms with E-state index in [4.69, 9.17) is 11.6 Å². The second-order valence-corrected chi connectivity index (χ2v) is 6.64. The predicted molar refractivity (Wildman–Crippen MR) is 110 cm³/mol. The van der Waals surface area contributed by atoms with Gasteiger partial charge in [0.25, 0.3) is 5.91 Å². The maximum absolute atomic E-state index is 12.3. The van der Waals surface area contributed by atoms with E-state index in [9.17, 15) is 9.59 Å². The molecule has 0 unspecified atom stereocenters. The maximum Gasteiger partial charge on any atom is 0.276 e. The van der Waals surface area contributed by atoms with Gasteiger partial charge in [-0.25, -0.2) is 0 Å². The van der Waals surface area contributed by atoms with Crippen LogP contribution in [0.5, 0.6) is 0 Å². The number of nitrogens with zero attached hydrogens (tertiary/aromatic N) is 2. The molecule has 0 aliphatic rings. The van der Waals surface area contributed by atoms with E-state index in [1.54, 1.807) is 36.4 Å². The zero-order chi connectivity index (χ0) is 19.9. The maximum atomic E-state index is 12.3. The molecule has 0 fully saturated rings. The molecule has 28 heavy (non-hydrogen) atoms. The molecular formula is C21H19ClN4O2. The Morgan fingerprint density at radius 3 is 2.54 bits per heavy atom. The van der Waals surface area contributed by atoms with E-state index in [-0.39, 0.29) is 11.5 Å². The summed E-state index contributed by atoms with van der Waals surface area (Å²) < 4.78 is 0. The highest BCUT2D eigenvalue weighted by Gasteiger charge is 2.10. The number of ketones is 1. The Kier molecular flexibility index (Phi) is 6.34. The molecule has 2 aromatic carbocycles. The van der Waals surface area contributed by atoms with Gasteiger partial charge in [0.05, 0.1) is 0 Å². The molecule has 6 nitrogen and oxygen atoms in total. The Morgan fingerprint density at radius 2 is 1.82 bits per heavy atom. The van der Waals surface area contributed by atoms with Gasteiger partial charge in [0.15, 0.2) is 11.5 Å². The highest BCUT2D eigenvalue weighted by molar-refractivity contribution is 6.30. The van der Waals surface area contributed by atoms with Gasteiger partial charge in [-0.3, -0.25) is 9.59 Å². The standard InChI is InChI=1S/C21H19ClN4O2/c1-14(27)16-5-3-7-18(13-16)24-21(28)19-8-9-20(26-25-19)23-11-10-15-4-2-6-17(22)12-15/h2-9,12-13H,10-11H2,1H3,(H,23,26)(H,24,28). The Labute approximate surface area is 168 Å². The molecule has 142 valence electrons. The molecule has 0 atom stereocenters. The number of carbonyl (C=O) groups is 2. The lowest BCUT2D eigenvalue weighted by atomic mass is 10.1. The average molecular weight is 395 g/mol. The first-order chi connectivity index (χ1) is 13.5. The minimum absolute atomic E-state index is 0.0657. The molecule has 0 saturated heterocycles. The van der Waals surface area contributed by atoms with Gasteiger partial charge in [0.1, 0.15) is 5.82 Å². The Morgan fingerprint density at radius 1 is 1.00 bits per heavy atom. The lowest BCUT2D eigenvalue weighted by molar-refractivity contribution is 0.100. The lowest BCUT2D eigenvalue weighted by Crippen LogP contribution is -2.15. The van der Waals surface area contributed by atoms with Crippen molar-refractivity contribution in [2.24, 2.45) is 0 Å². The predicted octanol–water partition coefficient (Wildman–Crippen LogP) is 4.24. The first kappa shape index (κ1) is 19.5. The van der Waals surface area contributed by atoms with Crippen LogP contribution < -0.4 is 10.6 Å². The van der Waals surface area contributed by atoms with Gasteiger partial charge >= 0.3 is 0 Å². The monoisotopic (exact) mass is 394 g/mol. The number of benzene rings is 2. The Hall–Kier alpha value is -3.25. The molecule has 0 bridgehead atoms. The number of halogens is 1. The van der Waals surface area contributed by atoms with Crippen molar-refractivity contribution in [2.45, 2.75) is 13.3 Å². The van der Waals surface area contributed by atoms with Gasteiger partial charge in [0, 0.05) is 22.8 Å². The SMILES string of the molecule is CC(=O)c1cccc(NC(=O)c2ccc(NCCc3cccc(Cl)c3)nn2)c1. The van der Waals surface area contributed by atoms with Crippen LogP contribution >= 0.6 is 11.6 Å². The summed E-state index contributed by atoms with van der Waals surface area (Å²) in [6, 6.07) is 17.7. The molecule has 2 N–H and O–H groups in total. The van der Waals surface area contributed by atoms with Crippen molar-refractivity contribution in [1.82, 2.24) is 10.2 Å². The third-order valence-corrected chi connectivity index (χ3v) is 4.27. The summed E-state index contributed by atoms with van der Waals surface area (Å²) in [6.07, 6.45) is 0.789. The van der Waals surface area contributed by atoms with Crippen LogP contribution in [0.2, 0.25) is 5.02 Å². The van der Waals surface area contributed by atoms with Crippen LogP contribution in [0.1, 0.15) is 33.3 Å². The number of hydrogen-bond acceptors (Lipinski definition) is 5. The van der Waals surface area contributed by atoms with E-state index in [1.165, 1.54) is 6.92 Å². The molecule has 0 aliphatic heterocycles. The summed E-state index contributed by atoms with van der Waals surface area (Å²) in [7, 11) is 0. The number of carbonyl (C=O) groups excluding carboxylic acids is 2. The van der Waals surface area contributed by atoms with Crippen LogP contribution in [0.3, 0.4) is 0 Å². The summed E-state index contributed by atoms with van der Waals surface area (Å²) in [5.41, 5.74) is 2.37. The highest BCUT2D eigenvalue weighted by Crippen LogP contribution is 2.13. The number of nitrogens with one attached hydrogen (secondary N) is 2. The Balaban J connectivity index is 1.55. The fourth-order valence-corrected chi connectivity index (χ4v) is 2.80. The normalized spacial score (nSPS) is 10.4. The third kappa shape index (κ3) is 5.37. The van der Waals surface area contributed by atoms with Crippen molar-refractivity contribution in [3.63, 3.8) is 0 Å². The second-order valence-electron chi connectivity index (χ2n) is 6.20. The summed E-state index contributed by atoms with van der Waals surface area (Å²) >= 11 is 5.97. The Bertz CT molecular complexity index is 990. The van der Waals surface area contributed by atoms with E-state index in [1.807, 2.05) is 24.3 Å². The minimum Gasteiger partial charge on any atom is -0.368 e. The van der Waals surface area contributed by atoms with Crippen molar-refractivity contribution < 1.29 is 9.59 Å². The second kappa shape index (κ2) is 9.10. The van der Waals surface area contributed by atoms with E-state index in [2.05, 4.69) is 20.8 Å². The first-order valence-electron chi connectivity index (χ1n) is 8.75. The number of anilines is 2. The van der Waals surface area contributed by atoms with Crippen LogP contribution in [-0.4, -0.2) is 28.4 Å². The molecule has 0 saturated carbocycles. The van der Waals surface area contributed by atoms with E-state index in [0.717, 1.165) is 12.0 Å². The van der Waals surface area contributed by atoms with Crippen molar-refractivity contribution in [3.05, 3.63) is 82.5 Å². The van der Waals surface area contributed by atoms with Gasteiger partial charge in [-0.15, -0.1) is 10.2 Å². The van der Waals surface area contributed by atoms with Crippen molar-refractivity contribution >= 4 is 34.8 Å². The van der Waals surface area contributed by atoms with Gasteiger partial charge in [-0.05, 0) is 55.3 Å². The molecule has 3 rings (SSSR count). The van der Waals surface area contributed by atoms with Gasteiger partial charge in [-0.1, -0.05) is 35.9 Å². The number of rotatable bonds is 7. The van der Waals surface area contributed by atoms with E-state index >= 15 is 0 Å². The highest BCUT2D eigenvalue weighted by atomic mass is 35.5. The van der Waals surface area contributed by atoms with Gasteiger partial charge in [-0.2, -0.15) is 0 Å². The molecular weight excluding hydrogens is 376 g/mol. The van der Waals surface area contributed by atoms with Crippen LogP contribution in [-0.2, 0) is 6.42 Å². The van der Waals surface area contributed by atoms with Crippen LogP contribution in [0, 0.1) is 0 Å². The van der Waals surface area contributed by atoms with Gasteiger partial charge < -0.3 is 10.6 Å². The number of amides is 1. The third-order valence-electron chi connectivity index (χ3n) is 4.03.